The van der Waals surface area contributed by atoms with Crippen molar-refractivity contribution in [1.29, 1.82) is 0 Å². The van der Waals surface area contributed by atoms with Gasteiger partial charge in [-0.25, -0.2) is 14.3 Å². The number of hydrogen-bond acceptors (Lipinski definition) is 4. The van der Waals surface area contributed by atoms with Gasteiger partial charge >= 0.3 is 5.69 Å². The molecular formula is C12H10N4O2S. The fourth-order valence-electron chi connectivity index (χ4n) is 1.89. The lowest BCUT2D eigenvalue weighted by molar-refractivity contribution is 0.927. The molecule has 1 aromatic carbocycles. The van der Waals surface area contributed by atoms with Gasteiger partial charge in [0.1, 0.15) is 0 Å². The molecule has 2 N–H and O–H groups in total. The summed E-state index contributed by atoms with van der Waals surface area (Å²) < 4.78 is 1.38. The van der Waals surface area contributed by atoms with Crippen LogP contribution in [0.4, 0.5) is 0 Å². The second kappa shape index (κ2) is 4.43. The van der Waals surface area contributed by atoms with Gasteiger partial charge in [-0.1, -0.05) is 30.0 Å². The molecule has 3 aromatic rings. The van der Waals surface area contributed by atoms with Gasteiger partial charge in [-0.3, -0.25) is 9.78 Å². The predicted octanol–water partition coefficient (Wildman–Crippen LogP) is 1.12. The summed E-state index contributed by atoms with van der Waals surface area (Å²) in [6.45, 7) is 0. The third-order valence-corrected chi connectivity index (χ3v) is 3.31. The average Bonchev–Trinajstić information content (AvgIpc) is 2.84. The van der Waals surface area contributed by atoms with E-state index in [1.54, 1.807) is 12.1 Å². The van der Waals surface area contributed by atoms with Crippen LogP contribution in [0.15, 0.2) is 45.1 Å². The highest BCUT2D eigenvalue weighted by Gasteiger charge is 2.13. The molecule has 0 radical (unpaired) electrons. The fraction of sp³-hybridized carbons (Fsp3) is 0.0833. The summed E-state index contributed by atoms with van der Waals surface area (Å²) >= 11 is 1.38. The quantitative estimate of drug-likeness (QED) is 0.686. The molecule has 0 fully saturated rings. The Hall–Kier alpha value is -2.28. The summed E-state index contributed by atoms with van der Waals surface area (Å²) in [6.07, 6.45) is 1.84. The molecule has 0 aliphatic carbocycles. The summed E-state index contributed by atoms with van der Waals surface area (Å²) in [5, 5.41) is 0.593. The Balaban J connectivity index is 2.45. The van der Waals surface area contributed by atoms with E-state index in [-0.39, 0.29) is 0 Å². The van der Waals surface area contributed by atoms with Gasteiger partial charge in [0.2, 0.25) is 0 Å². The van der Waals surface area contributed by atoms with E-state index in [9.17, 15) is 9.59 Å². The molecule has 0 spiro atoms. The van der Waals surface area contributed by atoms with E-state index in [1.165, 1.54) is 16.3 Å². The van der Waals surface area contributed by atoms with E-state index in [2.05, 4.69) is 15.0 Å². The van der Waals surface area contributed by atoms with Crippen molar-refractivity contribution in [2.45, 2.75) is 5.16 Å². The molecule has 3 rings (SSSR count). The van der Waals surface area contributed by atoms with E-state index in [0.29, 0.717) is 22.0 Å². The summed E-state index contributed by atoms with van der Waals surface area (Å²) in [4.78, 5) is 33.2. The van der Waals surface area contributed by atoms with Crippen LogP contribution in [0, 0.1) is 0 Å². The zero-order valence-electron chi connectivity index (χ0n) is 10.0. The Labute approximate surface area is 111 Å². The lowest BCUT2D eigenvalue weighted by Gasteiger charge is -2.04. The van der Waals surface area contributed by atoms with Crippen molar-refractivity contribution < 1.29 is 0 Å². The van der Waals surface area contributed by atoms with Gasteiger partial charge in [-0.15, -0.1) is 0 Å². The average molecular weight is 274 g/mol. The van der Waals surface area contributed by atoms with Crippen molar-refractivity contribution in [2.24, 2.45) is 0 Å². The number of aromatic amines is 2. The van der Waals surface area contributed by atoms with Crippen molar-refractivity contribution in [3.8, 4) is 5.69 Å². The Kier molecular flexibility index (Phi) is 2.75. The van der Waals surface area contributed by atoms with Crippen molar-refractivity contribution in [3.63, 3.8) is 0 Å². The highest BCUT2D eigenvalue weighted by molar-refractivity contribution is 7.98. The van der Waals surface area contributed by atoms with Crippen LogP contribution >= 0.6 is 11.8 Å². The first kappa shape index (κ1) is 11.8. The van der Waals surface area contributed by atoms with Crippen LogP contribution in [0.3, 0.4) is 0 Å². The van der Waals surface area contributed by atoms with Gasteiger partial charge in [-0.2, -0.15) is 0 Å². The standard InChI is InChI=1S/C12H10N4O2S/c1-19-11-13-8-9(14-11)16(12(18)15-10(8)17)7-5-3-2-4-6-7/h2-6H,1H3,(H,13,14)(H,15,17,18). The molecule has 0 aliphatic heterocycles. The number of fused-ring (bicyclic) bond motifs is 1. The smallest absolute Gasteiger partial charge is 0.327 e. The summed E-state index contributed by atoms with van der Waals surface area (Å²) in [7, 11) is 0. The third kappa shape index (κ3) is 1.88. The molecule has 19 heavy (non-hydrogen) atoms. The van der Waals surface area contributed by atoms with Crippen LogP contribution in [0.2, 0.25) is 0 Å². The molecule has 2 heterocycles. The number of rotatable bonds is 2. The molecule has 0 saturated heterocycles. The lowest BCUT2D eigenvalue weighted by atomic mass is 10.3. The highest BCUT2D eigenvalue weighted by atomic mass is 32.2. The number of benzene rings is 1. The van der Waals surface area contributed by atoms with Crippen LogP contribution in [0.25, 0.3) is 16.9 Å². The molecule has 0 aliphatic rings. The Bertz CT molecular complexity index is 848. The second-order valence-corrected chi connectivity index (χ2v) is 4.67. The van der Waals surface area contributed by atoms with Crippen molar-refractivity contribution in [1.82, 2.24) is 19.5 Å². The number of nitrogens with zero attached hydrogens (tertiary/aromatic N) is 2. The summed E-state index contributed by atoms with van der Waals surface area (Å²) in [5.74, 6) is 0. The maximum atomic E-state index is 12.0. The summed E-state index contributed by atoms with van der Waals surface area (Å²) in [5.41, 5.74) is 0.341. The highest BCUT2D eigenvalue weighted by Crippen LogP contribution is 2.15. The topological polar surface area (TPSA) is 83.5 Å². The maximum absolute atomic E-state index is 12.0. The minimum atomic E-state index is -0.497. The fourth-order valence-corrected chi connectivity index (χ4v) is 2.27. The minimum absolute atomic E-state index is 0.299. The van der Waals surface area contributed by atoms with Gasteiger partial charge in [0.05, 0.1) is 5.69 Å². The lowest BCUT2D eigenvalue weighted by Crippen LogP contribution is -2.29. The monoisotopic (exact) mass is 274 g/mol. The largest absolute Gasteiger partial charge is 0.334 e. The zero-order chi connectivity index (χ0) is 13.4. The van der Waals surface area contributed by atoms with E-state index >= 15 is 0 Å². The molecular weight excluding hydrogens is 264 g/mol. The van der Waals surface area contributed by atoms with E-state index in [0.717, 1.165) is 0 Å². The molecule has 6 nitrogen and oxygen atoms in total. The number of aromatic nitrogens is 4. The molecule has 0 amide bonds. The number of para-hydroxylation sites is 1. The van der Waals surface area contributed by atoms with Crippen molar-refractivity contribution in [2.75, 3.05) is 6.26 Å². The number of nitrogens with one attached hydrogen (secondary N) is 2. The number of imidazole rings is 1. The van der Waals surface area contributed by atoms with Crippen LogP contribution in [0.5, 0.6) is 0 Å². The van der Waals surface area contributed by atoms with Gasteiger partial charge in [0, 0.05) is 0 Å². The Morgan fingerprint density at radius 3 is 2.58 bits per heavy atom. The van der Waals surface area contributed by atoms with E-state index in [4.69, 9.17) is 0 Å². The van der Waals surface area contributed by atoms with Gasteiger partial charge in [0.15, 0.2) is 16.3 Å². The van der Waals surface area contributed by atoms with Crippen LogP contribution in [0.1, 0.15) is 0 Å². The van der Waals surface area contributed by atoms with E-state index in [1.807, 2.05) is 24.5 Å². The van der Waals surface area contributed by atoms with Gasteiger partial charge in [0.25, 0.3) is 5.56 Å². The Morgan fingerprint density at radius 1 is 1.16 bits per heavy atom. The normalized spacial score (nSPS) is 11.0. The first-order chi connectivity index (χ1) is 9.20. The molecule has 7 heteroatoms. The van der Waals surface area contributed by atoms with Crippen LogP contribution in [-0.2, 0) is 0 Å². The van der Waals surface area contributed by atoms with Crippen molar-refractivity contribution >= 4 is 22.9 Å². The van der Waals surface area contributed by atoms with Crippen molar-refractivity contribution in [3.05, 3.63) is 51.2 Å². The first-order valence-corrected chi connectivity index (χ1v) is 6.77. The predicted molar refractivity (Wildman–Crippen MR) is 74.1 cm³/mol. The summed E-state index contributed by atoms with van der Waals surface area (Å²) in [6, 6.07) is 9.07. The van der Waals surface area contributed by atoms with Gasteiger partial charge in [-0.05, 0) is 18.4 Å². The second-order valence-electron chi connectivity index (χ2n) is 3.87. The third-order valence-electron chi connectivity index (χ3n) is 2.73. The molecule has 0 saturated carbocycles. The van der Waals surface area contributed by atoms with Crippen LogP contribution in [-0.4, -0.2) is 25.8 Å². The van der Waals surface area contributed by atoms with Crippen LogP contribution < -0.4 is 11.2 Å². The number of thioether (sulfide) groups is 1. The van der Waals surface area contributed by atoms with Gasteiger partial charge < -0.3 is 4.98 Å². The number of H-pyrrole nitrogens is 2. The molecule has 96 valence electrons. The zero-order valence-corrected chi connectivity index (χ0v) is 10.8. The first-order valence-electron chi connectivity index (χ1n) is 5.55. The maximum Gasteiger partial charge on any atom is 0.334 e. The molecule has 0 unspecified atom stereocenters. The number of hydrogen-bond donors (Lipinski definition) is 2. The Morgan fingerprint density at radius 2 is 1.89 bits per heavy atom. The van der Waals surface area contributed by atoms with E-state index < -0.39 is 11.2 Å². The molecule has 0 bridgehead atoms. The SMILES string of the molecule is CSc1nc2c([nH]1)c(=O)[nH]c(=O)n2-c1ccccc1. The minimum Gasteiger partial charge on any atom is -0.327 e. The molecule has 2 aromatic heterocycles. The molecule has 0 atom stereocenters.